The number of allylic oxidation sites excluding steroid dienone is 2. The van der Waals surface area contributed by atoms with Crippen LogP contribution in [0.1, 0.15) is 48.1 Å². The molecule has 218 valence electrons. The quantitative estimate of drug-likeness (QED) is 0.246. The zero-order chi connectivity index (χ0) is 30.1. The molecular formula is C32H30ClFN2O5S. The number of benzene rings is 2. The van der Waals surface area contributed by atoms with E-state index in [-0.39, 0.29) is 36.6 Å². The Kier molecular flexibility index (Phi) is 8.52. The molecule has 2 N–H and O–H groups in total. The second kappa shape index (κ2) is 12.1. The number of carbonyl (C=O) groups excluding carboxylic acids is 3. The SMILES string of the molecule is CCOC(=O)C1=C(N)N(c2cccc(Cl)c2C)C2=C(C(=O)[C@H](C(=O)OCC)[C@@H](c3cccs3)C2)[C@H]1c1ccc(F)cc1. The van der Waals surface area contributed by atoms with Gasteiger partial charge in [0.05, 0.1) is 30.4 Å². The van der Waals surface area contributed by atoms with Crippen molar-refractivity contribution >= 4 is 46.3 Å². The maximum atomic E-state index is 14.7. The topological polar surface area (TPSA) is 98.9 Å². The first kappa shape index (κ1) is 29.5. The first-order valence-corrected chi connectivity index (χ1v) is 14.9. The number of anilines is 1. The number of carbonyl (C=O) groups is 3. The van der Waals surface area contributed by atoms with E-state index in [2.05, 4.69) is 0 Å². The van der Waals surface area contributed by atoms with Crippen molar-refractivity contribution in [2.24, 2.45) is 11.7 Å². The van der Waals surface area contributed by atoms with Crippen LogP contribution in [0.3, 0.4) is 0 Å². The Labute approximate surface area is 252 Å². The summed E-state index contributed by atoms with van der Waals surface area (Å²) >= 11 is 7.97. The number of Topliss-reactive ketones (excluding diaryl/α,β-unsaturated/α-hetero) is 1. The molecule has 3 aromatic rings. The largest absolute Gasteiger partial charge is 0.465 e. The van der Waals surface area contributed by atoms with Crippen LogP contribution in [0.4, 0.5) is 10.1 Å². The van der Waals surface area contributed by atoms with Crippen molar-refractivity contribution in [1.82, 2.24) is 0 Å². The highest BCUT2D eigenvalue weighted by molar-refractivity contribution is 7.10. The summed E-state index contributed by atoms with van der Waals surface area (Å²) in [7, 11) is 0. The van der Waals surface area contributed by atoms with E-state index in [1.807, 2.05) is 30.5 Å². The van der Waals surface area contributed by atoms with Crippen molar-refractivity contribution in [3.8, 4) is 0 Å². The van der Waals surface area contributed by atoms with Crippen LogP contribution in [0.25, 0.3) is 0 Å². The van der Waals surface area contributed by atoms with Gasteiger partial charge in [-0.3, -0.25) is 14.5 Å². The number of nitrogens with two attached hydrogens (primary N) is 1. The number of nitrogens with zero attached hydrogens (tertiary/aromatic N) is 1. The molecule has 0 bridgehead atoms. The van der Waals surface area contributed by atoms with Gasteiger partial charge in [-0.15, -0.1) is 11.3 Å². The molecule has 1 aliphatic heterocycles. The molecule has 0 saturated carbocycles. The molecule has 0 unspecified atom stereocenters. The van der Waals surface area contributed by atoms with Gasteiger partial charge in [0.25, 0.3) is 0 Å². The van der Waals surface area contributed by atoms with Gasteiger partial charge in [-0.05, 0) is 74.0 Å². The van der Waals surface area contributed by atoms with Crippen molar-refractivity contribution in [2.45, 2.75) is 39.0 Å². The molecule has 42 heavy (non-hydrogen) atoms. The van der Waals surface area contributed by atoms with E-state index in [4.69, 9.17) is 26.8 Å². The molecular weight excluding hydrogens is 579 g/mol. The minimum absolute atomic E-state index is 0.0205. The Morgan fingerprint density at radius 3 is 2.43 bits per heavy atom. The summed E-state index contributed by atoms with van der Waals surface area (Å²) in [5, 5.41) is 2.36. The van der Waals surface area contributed by atoms with Crippen LogP contribution in [0, 0.1) is 18.7 Å². The van der Waals surface area contributed by atoms with E-state index < -0.39 is 41.3 Å². The molecule has 0 fully saturated rings. The van der Waals surface area contributed by atoms with Crippen LogP contribution in [0.15, 0.2) is 82.6 Å². The molecule has 7 nitrogen and oxygen atoms in total. The number of ketones is 1. The number of halogens is 2. The third kappa shape index (κ3) is 5.12. The van der Waals surface area contributed by atoms with E-state index in [1.54, 1.807) is 30.9 Å². The van der Waals surface area contributed by atoms with Crippen molar-refractivity contribution in [3.05, 3.63) is 109 Å². The Bertz CT molecular complexity index is 1600. The number of ether oxygens (including phenoxy) is 2. The maximum absolute atomic E-state index is 14.7. The fraction of sp³-hybridized carbons (Fsp3) is 0.281. The molecule has 3 atom stereocenters. The van der Waals surface area contributed by atoms with Crippen LogP contribution in [0.2, 0.25) is 5.02 Å². The summed E-state index contributed by atoms with van der Waals surface area (Å²) in [6, 6.07) is 14.6. The van der Waals surface area contributed by atoms with Crippen LogP contribution in [-0.2, 0) is 23.9 Å². The Morgan fingerprint density at radius 2 is 1.79 bits per heavy atom. The standard InChI is InChI=1S/C32H30ClFN2O5S/c1-4-40-31(38)26-20(24-10-7-15-42-24)16-23-27(29(26)37)25(18-11-13-19(34)14-12-18)28(32(39)41-5-2)30(35)36(23)22-9-6-8-21(33)17(22)3/h6-15,20,25-26H,4-5,16,35H2,1-3H3/t20-,25-,26-/m1/s1. The van der Waals surface area contributed by atoms with Crippen LogP contribution < -0.4 is 10.6 Å². The van der Waals surface area contributed by atoms with Gasteiger partial charge in [0.1, 0.15) is 17.6 Å². The lowest BCUT2D eigenvalue weighted by atomic mass is 9.68. The van der Waals surface area contributed by atoms with Gasteiger partial charge in [0.15, 0.2) is 5.78 Å². The van der Waals surface area contributed by atoms with Gasteiger partial charge in [0, 0.05) is 27.1 Å². The molecule has 0 spiro atoms. The second-order valence-electron chi connectivity index (χ2n) is 10.0. The summed E-state index contributed by atoms with van der Waals surface area (Å²) in [6.45, 7) is 5.34. The van der Waals surface area contributed by atoms with Crippen LogP contribution in [-0.4, -0.2) is 30.9 Å². The summed E-state index contributed by atoms with van der Waals surface area (Å²) in [5.41, 5.74) is 9.37. The first-order chi connectivity index (χ1) is 20.2. The Hall–Kier alpha value is -3.95. The summed E-state index contributed by atoms with van der Waals surface area (Å²) < 4.78 is 24.9. The molecule has 10 heteroatoms. The van der Waals surface area contributed by atoms with Crippen molar-refractivity contribution < 1.29 is 28.2 Å². The number of hydrogen-bond acceptors (Lipinski definition) is 8. The predicted molar refractivity (Wildman–Crippen MR) is 159 cm³/mol. The highest BCUT2D eigenvalue weighted by atomic mass is 35.5. The van der Waals surface area contributed by atoms with Crippen LogP contribution in [0.5, 0.6) is 0 Å². The normalized spacial score (nSPS) is 20.5. The number of thiophene rings is 1. The monoisotopic (exact) mass is 608 g/mol. The smallest absolute Gasteiger partial charge is 0.338 e. The number of rotatable bonds is 7. The van der Waals surface area contributed by atoms with Crippen molar-refractivity contribution in [1.29, 1.82) is 0 Å². The molecule has 2 heterocycles. The zero-order valence-corrected chi connectivity index (χ0v) is 24.9. The molecule has 0 amide bonds. The van der Waals surface area contributed by atoms with Gasteiger partial charge < -0.3 is 15.2 Å². The average Bonchev–Trinajstić information content (AvgIpc) is 3.50. The molecule has 1 aromatic heterocycles. The lowest BCUT2D eigenvalue weighted by Gasteiger charge is -2.44. The zero-order valence-electron chi connectivity index (χ0n) is 23.4. The van der Waals surface area contributed by atoms with E-state index in [0.29, 0.717) is 27.5 Å². The second-order valence-corrected chi connectivity index (χ2v) is 11.4. The van der Waals surface area contributed by atoms with Gasteiger partial charge in [-0.25, -0.2) is 9.18 Å². The van der Waals surface area contributed by atoms with E-state index in [9.17, 15) is 18.8 Å². The highest BCUT2D eigenvalue weighted by Gasteiger charge is 2.51. The highest BCUT2D eigenvalue weighted by Crippen LogP contribution is 2.52. The van der Waals surface area contributed by atoms with Crippen molar-refractivity contribution in [2.75, 3.05) is 18.1 Å². The molecule has 2 aromatic carbocycles. The Morgan fingerprint density at radius 1 is 1.07 bits per heavy atom. The summed E-state index contributed by atoms with van der Waals surface area (Å²) in [6.07, 6.45) is 0.242. The van der Waals surface area contributed by atoms with Gasteiger partial charge in [0.2, 0.25) is 0 Å². The van der Waals surface area contributed by atoms with Gasteiger partial charge in [-0.1, -0.05) is 35.9 Å². The lowest BCUT2D eigenvalue weighted by molar-refractivity contribution is -0.152. The summed E-state index contributed by atoms with van der Waals surface area (Å²) in [5.74, 6) is -4.97. The molecule has 0 saturated heterocycles. The molecule has 5 rings (SSSR count). The number of esters is 2. The van der Waals surface area contributed by atoms with Crippen LogP contribution >= 0.6 is 22.9 Å². The third-order valence-electron chi connectivity index (χ3n) is 7.67. The lowest BCUT2D eigenvalue weighted by Crippen LogP contribution is -2.46. The fourth-order valence-corrected chi connectivity index (χ4v) is 6.85. The predicted octanol–water partition coefficient (Wildman–Crippen LogP) is 6.38. The minimum atomic E-state index is -1.16. The third-order valence-corrected chi connectivity index (χ3v) is 9.08. The maximum Gasteiger partial charge on any atom is 0.338 e. The Balaban J connectivity index is 1.84. The van der Waals surface area contributed by atoms with Crippen molar-refractivity contribution in [3.63, 3.8) is 0 Å². The van der Waals surface area contributed by atoms with E-state index in [1.165, 1.54) is 35.6 Å². The fourth-order valence-electron chi connectivity index (χ4n) is 5.81. The molecule has 2 aliphatic rings. The minimum Gasteiger partial charge on any atom is -0.465 e. The summed E-state index contributed by atoms with van der Waals surface area (Å²) in [4.78, 5) is 44.3. The molecule has 0 radical (unpaired) electrons. The van der Waals surface area contributed by atoms with Gasteiger partial charge >= 0.3 is 11.9 Å². The average molecular weight is 609 g/mol. The van der Waals surface area contributed by atoms with E-state index >= 15 is 0 Å². The van der Waals surface area contributed by atoms with Gasteiger partial charge in [-0.2, -0.15) is 0 Å². The first-order valence-electron chi connectivity index (χ1n) is 13.6. The molecule has 1 aliphatic carbocycles. The number of hydrogen-bond donors (Lipinski definition) is 1. The van der Waals surface area contributed by atoms with E-state index in [0.717, 1.165) is 4.88 Å².